The molecule has 0 bridgehead atoms. The molecule has 0 aromatic heterocycles. The van der Waals surface area contributed by atoms with Crippen molar-refractivity contribution in [1.29, 1.82) is 0 Å². The third-order valence-electron chi connectivity index (χ3n) is 5.23. The Bertz CT molecular complexity index is 1150. The van der Waals surface area contributed by atoms with Crippen molar-refractivity contribution in [3.8, 4) is 0 Å². The van der Waals surface area contributed by atoms with Gasteiger partial charge in [0, 0.05) is 0 Å². The summed E-state index contributed by atoms with van der Waals surface area (Å²) < 4.78 is 73.3. The number of nitrogens with two attached hydrogens (primary N) is 1. The third-order valence-corrected chi connectivity index (χ3v) is 7.10. The fraction of sp³-hybridized carbons (Fsp3) is 0.167. The van der Waals surface area contributed by atoms with E-state index in [2.05, 4.69) is 0 Å². The Hall–Kier alpha value is -2.82. The predicted octanol–water partition coefficient (Wildman–Crippen LogP) is -0.359. The quantitative estimate of drug-likeness (QED) is 0.496. The van der Waals surface area contributed by atoms with Crippen LogP contribution in [0.3, 0.4) is 0 Å². The number of Topliss-reactive ketones (excluding diaryl/α,β-unsaturated/α-hetero) is 1. The average Bonchev–Trinajstić information content (AvgIpc) is 2.91. The summed E-state index contributed by atoms with van der Waals surface area (Å²) in [5, 5.41) is 0. The highest BCUT2D eigenvalue weighted by atomic mass is 32.2. The van der Waals surface area contributed by atoms with Crippen LogP contribution in [-0.4, -0.2) is 37.7 Å². The number of ketones is 1. The van der Waals surface area contributed by atoms with Crippen LogP contribution in [0.15, 0.2) is 66.2 Å². The molecule has 0 unspecified atom stereocenters. The monoisotopic (exact) mass is 449 g/mol. The van der Waals surface area contributed by atoms with Crippen molar-refractivity contribution in [3.05, 3.63) is 82.9 Å². The van der Waals surface area contributed by atoms with E-state index in [-0.39, 0.29) is 5.56 Å². The molecule has 0 saturated carbocycles. The van der Waals surface area contributed by atoms with Gasteiger partial charge in [-0.1, -0.05) is 42.5 Å². The summed E-state index contributed by atoms with van der Waals surface area (Å²) in [6.45, 7) is 0. The molecule has 160 valence electrons. The Morgan fingerprint density at radius 1 is 0.968 bits per heavy atom. The van der Waals surface area contributed by atoms with Crippen molar-refractivity contribution in [1.82, 2.24) is 0 Å². The van der Waals surface area contributed by atoms with Crippen LogP contribution in [0.1, 0.15) is 16.7 Å². The van der Waals surface area contributed by atoms with Gasteiger partial charge in [-0.05, 0) is 23.3 Å². The zero-order valence-electron chi connectivity index (χ0n) is 16.9. The number of carbonyl (C=O) groups is 1. The van der Waals surface area contributed by atoms with Gasteiger partial charge in [0.15, 0.2) is 13.3 Å². The summed E-state index contributed by atoms with van der Waals surface area (Å²) in [5.74, 6) is -2.21. The number of hydrogen-bond acceptors (Lipinski definition) is 6. The highest BCUT2D eigenvalue weighted by Crippen LogP contribution is 2.39. The lowest BCUT2D eigenvalue weighted by molar-refractivity contribution is -0.137. The second kappa shape index (κ2) is 7.40. The molecule has 13 heteroatoms. The number of alkyl halides is 3. The zero-order valence-corrected chi connectivity index (χ0v) is 17.7. The number of halogens is 3. The van der Waals surface area contributed by atoms with Crippen LogP contribution in [0.4, 0.5) is 13.2 Å². The SMILES string of the molecule is BC(B)(c1ccccc1)S(=O)(=O)OC1=C(N)O[C@](B)(c2ccc(C(F)(F)F)cc2)C1=O. The summed E-state index contributed by atoms with van der Waals surface area (Å²) in [5.41, 5.74) is 3.48. The van der Waals surface area contributed by atoms with Crippen molar-refractivity contribution in [2.24, 2.45) is 5.73 Å². The lowest BCUT2D eigenvalue weighted by atomic mass is 9.65. The van der Waals surface area contributed by atoms with Crippen LogP contribution < -0.4 is 5.73 Å². The minimum absolute atomic E-state index is 0.0618. The minimum Gasteiger partial charge on any atom is -0.467 e. The van der Waals surface area contributed by atoms with E-state index < -0.39 is 49.3 Å². The number of ether oxygens (including phenoxy) is 1. The van der Waals surface area contributed by atoms with Gasteiger partial charge in [-0.3, -0.25) is 4.79 Å². The van der Waals surface area contributed by atoms with E-state index in [1.54, 1.807) is 30.3 Å². The molecule has 1 atom stereocenters. The molecule has 0 amide bonds. The topological polar surface area (TPSA) is 95.7 Å². The maximum absolute atomic E-state index is 13.0. The summed E-state index contributed by atoms with van der Waals surface area (Å²) in [4.78, 5) is 13.0. The van der Waals surface area contributed by atoms with Crippen LogP contribution in [0.2, 0.25) is 0 Å². The smallest absolute Gasteiger partial charge is 0.416 e. The first-order chi connectivity index (χ1) is 14.2. The molecule has 6 nitrogen and oxygen atoms in total. The highest BCUT2D eigenvalue weighted by molar-refractivity contribution is 7.90. The molecule has 0 fully saturated rings. The van der Waals surface area contributed by atoms with Gasteiger partial charge >= 0.3 is 16.3 Å². The first-order valence-electron chi connectivity index (χ1n) is 9.11. The standard InChI is InChI=1S/C18H17B3F3NO5S/c19-16(10-6-8-12(9-7-10)18(22,23)24)14(26)13(15(25)29-16)30-31(27,28)17(20,21)11-4-2-1-3-5-11/h1-9H,19-21,25H2/t16-/m1/s1. The Morgan fingerprint density at radius 3 is 2.03 bits per heavy atom. The number of rotatable bonds is 5. The molecule has 1 heterocycles. The van der Waals surface area contributed by atoms with Crippen molar-refractivity contribution >= 4 is 39.4 Å². The van der Waals surface area contributed by atoms with E-state index in [0.717, 1.165) is 24.3 Å². The van der Waals surface area contributed by atoms with E-state index >= 15 is 0 Å². The fourth-order valence-electron chi connectivity index (χ4n) is 3.09. The van der Waals surface area contributed by atoms with Gasteiger partial charge in [-0.2, -0.15) is 21.6 Å². The largest absolute Gasteiger partial charge is 0.467 e. The molecular weight excluding hydrogens is 432 g/mol. The van der Waals surface area contributed by atoms with Crippen molar-refractivity contribution in [3.63, 3.8) is 0 Å². The van der Waals surface area contributed by atoms with E-state index in [1.807, 2.05) is 0 Å². The molecule has 2 aromatic rings. The minimum atomic E-state index is -4.55. The first kappa shape index (κ1) is 22.9. The fourth-order valence-corrected chi connectivity index (χ4v) is 4.10. The van der Waals surface area contributed by atoms with E-state index in [0.29, 0.717) is 5.56 Å². The number of benzene rings is 2. The molecule has 0 aliphatic carbocycles. The predicted molar refractivity (Wildman–Crippen MR) is 114 cm³/mol. The molecule has 31 heavy (non-hydrogen) atoms. The van der Waals surface area contributed by atoms with Crippen molar-refractivity contribution < 1.29 is 35.3 Å². The Kier molecular flexibility index (Phi) is 5.46. The van der Waals surface area contributed by atoms with E-state index in [9.17, 15) is 26.4 Å². The maximum atomic E-state index is 13.0. The molecule has 1 aliphatic heterocycles. The van der Waals surface area contributed by atoms with Crippen LogP contribution >= 0.6 is 0 Å². The van der Waals surface area contributed by atoms with Crippen LogP contribution in [0.5, 0.6) is 0 Å². The van der Waals surface area contributed by atoms with Crippen molar-refractivity contribution in [2.45, 2.75) is 16.2 Å². The second-order valence-electron chi connectivity index (χ2n) is 7.65. The summed E-state index contributed by atoms with van der Waals surface area (Å²) in [7, 11) is -0.321. The Labute approximate surface area is 179 Å². The summed E-state index contributed by atoms with van der Waals surface area (Å²) in [6, 6.07) is 12.0. The Morgan fingerprint density at radius 2 is 1.52 bits per heavy atom. The molecular formula is C18H17B3F3NO5S. The van der Waals surface area contributed by atoms with Crippen LogP contribution in [0, 0.1) is 0 Å². The second-order valence-corrected chi connectivity index (χ2v) is 9.74. The molecule has 0 saturated heterocycles. The summed E-state index contributed by atoms with van der Waals surface area (Å²) in [6.07, 6.45) is -4.55. The number of carbonyl (C=O) groups excluding carboxylic acids is 1. The van der Waals surface area contributed by atoms with E-state index in [1.165, 1.54) is 23.5 Å². The van der Waals surface area contributed by atoms with Gasteiger partial charge in [0.1, 0.15) is 15.7 Å². The first-order valence-corrected chi connectivity index (χ1v) is 10.5. The molecule has 1 aliphatic rings. The van der Waals surface area contributed by atoms with Crippen LogP contribution in [0.25, 0.3) is 0 Å². The van der Waals surface area contributed by atoms with Crippen molar-refractivity contribution in [2.75, 3.05) is 0 Å². The van der Waals surface area contributed by atoms with Gasteiger partial charge < -0.3 is 14.7 Å². The highest BCUT2D eigenvalue weighted by Gasteiger charge is 2.51. The number of hydrogen-bond donors (Lipinski definition) is 1. The average molecular weight is 449 g/mol. The zero-order chi connectivity index (χ0) is 23.2. The van der Waals surface area contributed by atoms with Gasteiger partial charge in [-0.25, -0.2) is 0 Å². The summed E-state index contributed by atoms with van der Waals surface area (Å²) >= 11 is 0. The maximum Gasteiger partial charge on any atom is 0.416 e. The lowest BCUT2D eigenvalue weighted by Crippen LogP contribution is -2.40. The lowest BCUT2D eigenvalue weighted by Gasteiger charge is -2.26. The normalized spacial score (nSPS) is 19.9. The third kappa shape index (κ3) is 3.94. The van der Waals surface area contributed by atoms with Gasteiger partial charge in [0.05, 0.1) is 10.1 Å². The van der Waals surface area contributed by atoms with Gasteiger partial charge in [0.2, 0.25) is 17.4 Å². The van der Waals surface area contributed by atoms with E-state index in [4.69, 9.17) is 14.7 Å². The Balaban J connectivity index is 1.91. The molecule has 0 radical (unpaired) electrons. The van der Waals surface area contributed by atoms with Crippen LogP contribution in [-0.2, 0) is 40.1 Å². The molecule has 3 rings (SSSR count). The molecule has 0 spiro atoms. The van der Waals surface area contributed by atoms with Gasteiger partial charge in [-0.15, -0.1) is 0 Å². The molecule has 2 aromatic carbocycles. The van der Waals surface area contributed by atoms with Gasteiger partial charge in [0.25, 0.3) is 0 Å². The molecule has 2 N–H and O–H groups in total.